The van der Waals surface area contributed by atoms with E-state index in [-0.39, 0.29) is 5.41 Å². The first-order chi connectivity index (χ1) is 28.2. The van der Waals surface area contributed by atoms with Gasteiger partial charge in [0.15, 0.2) is 17.5 Å². The maximum absolute atomic E-state index is 5.13. The molecule has 0 N–H and O–H groups in total. The minimum atomic E-state index is -0.374. The van der Waals surface area contributed by atoms with Crippen molar-refractivity contribution in [2.24, 2.45) is 0 Å². The Kier molecular flexibility index (Phi) is 7.14. The standard InChI is InChI=1S/C53H33N3S/c1-2-12-35(13-3-1)50-54-51(56-52(55-50)40-30-38-16-10-14-34-15-11-17-39(31-40)49(34)38)36-26-24-33(25-27-36)37-28-29-46-48(32-37)57-47-23-9-8-22-45(47)53(46)43-20-6-4-18-41(43)42-19-5-7-21-44(42)53/h1-14,16-32H,15H2. The van der Waals surface area contributed by atoms with Gasteiger partial charge in [-0.15, -0.1) is 0 Å². The van der Waals surface area contributed by atoms with Crippen LogP contribution >= 0.6 is 11.8 Å². The largest absolute Gasteiger partial charge is 0.208 e. The van der Waals surface area contributed by atoms with Crippen molar-refractivity contribution in [2.45, 2.75) is 21.6 Å². The smallest absolute Gasteiger partial charge is 0.164 e. The lowest BCUT2D eigenvalue weighted by molar-refractivity contribution is 0.722. The Hall–Kier alpha value is -6.88. The first-order valence-electron chi connectivity index (χ1n) is 19.5. The van der Waals surface area contributed by atoms with Crippen LogP contribution in [-0.2, 0) is 11.8 Å². The lowest BCUT2D eigenvalue weighted by atomic mass is 9.67. The Morgan fingerprint density at radius 1 is 0.421 bits per heavy atom. The highest BCUT2D eigenvalue weighted by Gasteiger charge is 2.50. The summed E-state index contributed by atoms with van der Waals surface area (Å²) in [4.78, 5) is 17.8. The second-order valence-electron chi connectivity index (χ2n) is 15.1. The van der Waals surface area contributed by atoms with Gasteiger partial charge in [-0.2, -0.15) is 0 Å². The summed E-state index contributed by atoms with van der Waals surface area (Å²) >= 11 is 1.88. The van der Waals surface area contributed by atoms with Crippen molar-refractivity contribution >= 4 is 28.6 Å². The molecule has 0 unspecified atom stereocenters. The number of benzene rings is 8. The topological polar surface area (TPSA) is 38.7 Å². The summed E-state index contributed by atoms with van der Waals surface area (Å²) in [6.45, 7) is 0. The molecule has 8 aromatic carbocycles. The van der Waals surface area contributed by atoms with Gasteiger partial charge in [-0.1, -0.05) is 176 Å². The van der Waals surface area contributed by atoms with Gasteiger partial charge in [0.1, 0.15) is 0 Å². The first-order valence-corrected chi connectivity index (χ1v) is 20.3. The Labute approximate surface area is 335 Å². The molecule has 1 aliphatic heterocycles. The molecule has 0 radical (unpaired) electrons. The van der Waals surface area contributed by atoms with E-state index in [1.165, 1.54) is 70.6 Å². The molecule has 0 saturated heterocycles. The van der Waals surface area contributed by atoms with Crippen molar-refractivity contribution in [3.8, 4) is 56.4 Å². The molecule has 0 amide bonds. The van der Waals surface area contributed by atoms with E-state index < -0.39 is 0 Å². The van der Waals surface area contributed by atoms with Crippen LogP contribution in [0.4, 0.5) is 0 Å². The molecule has 0 fully saturated rings. The fourth-order valence-electron chi connectivity index (χ4n) is 9.49. The average molecular weight is 744 g/mol. The van der Waals surface area contributed by atoms with E-state index in [0.717, 1.165) is 28.7 Å². The van der Waals surface area contributed by atoms with Crippen LogP contribution in [0.15, 0.2) is 192 Å². The Bertz CT molecular complexity index is 3080. The van der Waals surface area contributed by atoms with Crippen molar-refractivity contribution in [3.63, 3.8) is 0 Å². The van der Waals surface area contributed by atoms with Crippen LogP contribution in [0.1, 0.15) is 33.4 Å². The highest BCUT2D eigenvalue weighted by Crippen LogP contribution is 2.62. The highest BCUT2D eigenvalue weighted by atomic mass is 32.2. The summed E-state index contributed by atoms with van der Waals surface area (Å²) in [5.41, 5.74) is 15.4. The molecule has 3 aliphatic rings. The maximum Gasteiger partial charge on any atom is 0.164 e. The second-order valence-corrected chi connectivity index (χ2v) is 16.2. The molecule has 4 heteroatoms. The van der Waals surface area contributed by atoms with Gasteiger partial charge in [0.25, 0.3) is 0 Å². The molecule has 12 rings (SSSR count). The molecule has 1 spiro atoms. The molecule has 0 atom stereocenters. The zero-order valence-corrected chi connectivity index (χ0v) is 31.7. The second kappa shape index (κ2) is 12.6. The molecule has 3 nitrogen and oxygen atoms in total. The zero-order valence-electron chi connectivity index (χ0n) is 30.9. The molecule has 57 heavy (non-hydrogen) atoms. The van der Waals surface area contributed by atoms with Crippen LogP contribution in [0.3, 0.4) is 0 Å². The fraction of sp³-hybridized carbons (Fsp3) is 0.0377. The summed E-state index contributed by atoms with van der Waals surface area (Å²) in [7, 11) is 0. The first kappa shape index (κ1) is 32.4. The average Bonchev–Trinajstić information content (AvgIpc) is 3.57. The molecule has 266 valence electrons. The van der Waals surface area contributed by atoms with Gasteiger partial charge < -0.3 is 0 Å². The number of aromatic nitrogens is 3. The number of hydrogen-bond donors (Lipinski definition) is 0. The molecular formula is C53H33N3S. The van der Waals surface area contributed by atoms with Crippen LogP contribution in [0.2, 0.25) is 0 Å². The number of allylic oxidation sites excluding steroid dienone is 1. The molecule has 9 aromatic rings. The summed E-state index contributed by atoms with van der Waals surface area (Å²) in [6.07, 6.45) is 5.42. The summed E-state index contributed by atoms with van der Waals surface area (Å²) in [6, 6.07) is 63.9. The van der Waals surface area contributed by atoms with Crippen molar-refractivity contribution in [3.05, 3.63) is 215 Å². The molecule has 1 aromatic heterocycles. The van der Waals surface area contributed by atoms with E-state index in [1.807, 2.05) is 30.0 Å². The van der Waals surface area contributed by atoms with Crippen LogP contribution in [0.5, 0.6) is 0 Å². The SMILES string of the molecule is C1=Cc2cc(-c3nc(-c4ccccc4)nc(-c4ccc(-c5ccc6c(c5)Sc5ccccc5C65c6ccccc6-c6ccccc65)cc4)n3)cc3cccc(c23)C1. The third kappa shape index (κ3) is 4.90. The zero-order chi connectivity index (χ0) is 37.5. The molecular weight excluding hydrogens is 711 g/mol. The molecule has 2 heterocycles. The van der Waals surface area contributed by atoms with Crippen LogP contribution in [-0.4, -0.2) is 15.0 Å². The van der Waals surface area contributed by atoms with Gasteiger partial charge in [0, 0.05) is 26.5 Å². The van der Waals surface area contributed by atoms with E-state index in [2.05, 4.69) is 170 Å². The number of fused-ring (bicyclic) bond motifs is 9. The van der Waals surface area contributed by atoms with Gasteiger partial charge >= 0.3 is 0 Å². The van der Waals surface area contributed by atoms with Gasteiger partial charge in [0.05, 0.1) is 5.41 Å². The Morgan fingerprint density at radius 2 is 1.02 bits per heavy atom. The van der Waals surface area contributed by atoms with Crippen LogP contribution in [0.25, 0.3) is 73.3 Å². The van der Waals surface area contributed by atoms with Crippen molar-refractivity contribution in [2.75, 3.05) is 0 Å². The van der Waals surface area contributed by atoms with E-state index in [0.29, 0.717) is 17.5 Å². The van der Waals surface area contributed by atoms with Gasteiger partial charge in [-0.3, -0.25) is 0 Å². The molecule has 2 aliphatic carbocycles. The highest BCUT2D eigenvalue weighted by molar-refractivity contribution is 7.99. The minimum absolute atomic E-state index is 0.374. The number of hydrogen-bond acceptors (Lipinski definition) is 4. The summed E-state index contributed by atoms with van der Waals surface area (Å²) < 4.78 is 0. The van der Waals surface area contributed by atoms with E-state index in [9.17, 15) is 0 Å². The Morgan fingerprint density at radius 3 is 1.77 bits per heavy atom. The fourth-order valence-corrected chi connectivity index (χ4v) is 10.7. The van der Waals surface area contributed by atoms with Gasteiger partial charge in [-0.25, -0.2) is 15.0 Å². The minimum Gasteiger partial charge on any atom is -0.208 e. The van der Waals surface area contributed by atoms with E-state index in [1.54, 1.807) is 0 Å². The third-order valence-electron chi connectivity index (χ3n) is 12.0. The quantitative estimate of drug-likeness (QED) is 0.180. The summed E-state index contributed by atoms with van der Waals surface area (Å²) in [5, 5.41) is 2.52. The maximum atomic E-state index is 5.13. The predicted octanol–water partition coefficient (Wildman–Crippen LogP) is 13.1. The molecule has 0 bridgehead atoms. The van der Waals surface area contributed by atoms with E-state index in [4.69, 9.17) is 15.0 Å². The number of rotatable bonds is 4. The van der Waals surface area contributed by atoms with Gasteiger partial charge in [-0.05, 0) is 97.1 Å². The summed E-state index contributed by atoms with van der Waals surface area (Å²) in [5.74, 6) is 1.98. The van der Waals surface area contributed by atoms with Crippen LogP contribution < -0.4 is 0 Å². The van der Waals surface area contributed by atoms with E-state index >= 15 is 0 Å². The number of nitrogens with zero attached hydrogens (tertiary/aromatic N) is 3. The molecule has 0 saturated carbocycles. The lowest BCUT2D eigenvalue weighted by Crippen LogP contribution is -2.31. The normalized spacial score (nSPS) is 13.9. The van der Waals surface area contributed by atoms with Crippen LogP contribution in [0, 0.1) is 0 Å². The van der Waals surface area contributed by atoms with Gasteiger partial charge in [0.2, 0.25) is 0 Å². The monoisotopic (exact) mass is 743 g/mol. The Balaban J connectivity index is 0.962. The third-order valence-corrected chi connectivity index (χ3v) is 13.1. The lowest BCUT2D eigenvalue weighted by Gasteiger charge is -2.39. The van der Waals surface area contributed by atoms with Crippen molar-refractivity contribution in [1.29, 1.82) is 0 Å². The predicted molar refractivity (Wildman–Crippen MR) is 233 cm³/mol. The van der Waals surface area contributed by atoms with Crippen molar-refractivity contribution < 1.29 is 0 Å². The van der Waals surface area contributed by atoms with Crippen molar-refractivity contribution in [1.82, 2.24) is 15.0 Å².